The third-order valence-electron chi connectivity index (χ3n) is 3.13. The van der Waals surface area contributed by atoms with Gasteiger partial charge in [0.2, 0.25) is 0 Å². The summed E-state index contributed by atoms with van der Waals surface area (Å²) < 4.78 is 0. The number of hydrogen-bond donors (Lipinski definition) is 1. The number of anilines is 1. The van der Waals surface area contributed by atoms with Crippen molar-refractivity contribution >= 4 is 11.6 Å². The van der Waals surface area contributed by atoms with E-state index in [9.17, 15) is 9.90 Å². The van der Waals surface area contributed by atoms with E-state index < -0.39 is 0 Å². The first-order chi connectivity index (χ1) is 8.58. The highest BCUT2D eigenvalue weighted by Crippen LogP contribution is 2.20. The molecule has 0 spiro atoms. The highest BCUT2D eigenvalue weighted by atomic mass is 16.3. The van der Waals surface area contributed by atoms with Crippen LogP contribution in [0.3, 0.4) is 0 Å². The number of rotatable bonds is 2. The van der Waals surface area contributed by atoms with E-state index in [0.29, 0.717) is 12.2 Å². The summed E-state index contributed by atoms with van der Waals surface area (Å²) in [6, 6.07) is 3.67. The Morgan fingerprint density at radius 3 is 3.00 bits per heavy atom. The average molecular weight is 249 g/mol. The lowest BCUT2D eigenvalue weighted by molar-refractivity contribution is 0.0822. The van der Waals surface area contributed by atoms with Crippen LogP contribution in [0, 0.1) is 0 Å². The van der Waals surface area contributed by atoms with Crippen molar-refractivity contribution in [3.05, 3.63) is 24.0 Å². The van der Waals surface area contributed by atoms with E-state index in [2.05, 4.69) is 9.88 Å². The lowest BCUT2D eigenvalue weighted by Gasteiger charge is -2.32. The Kier molecular flexibility index (Phi) is 3.81. The fraction of sp³-hybridized carbons (Fsp3) is 0.538. The predicted octanol–water partition coefficient (Wildman–Crippen LogP) is 0.744. The van der Waals surface area contributed by atoms with Crippen LogP contribution in [0.1, 0.15) is 23.3 Å². The van der Waals surface area contributed by atoms with Crippen molar-refractivity contribution in [2.24, 2.45) is 0 Å². The highest BCUT2D eigenvalue weighted by Gasteiger charge is 2.19. The summed E-state index contributed by atoms with van der Waals surface area (Å²) in [5.74, 6) is -0.102. The number of amides is 1. The molecule has 18 heavy (non-hydrogen) atoms. The second kappa shape index (κ2) is 5.35. The van der Waals surface area contributed by atoms with E-state index in [-0.39, 0.29) is 12.0 Å². The van der Waals surface area contributed by atoms with Crippen molar-refractivity contribution in [3.63, 3.8) is 0 Å². The molecule has 98 valence electrons. The van der Waals surface area contributed by atoms with Crippen LogP contribution in [0.2, 0.25) is 0 Å². The smallest absolute Gasteiger partial charge is 0.272 e. The molecule has 0 aromatic carbocycles. The quantitative estimate of drug-likeness (QED) is 0.840. The molecule has 0 bridgehead atoms. The normalized spacial score (nSPS) is 19.7. The first kappa shape index (κ1) is 12.8. The Bertz CT molecular complexity index is 434. The van der Waals surface area contributed by atoms with E-state index in [4.69, 9.17) is 0 Å². The van der Waals surface area contributed by atoms with Crippen LogP contribution in [0.15, 0.2) is 18.3 Å². The fourth-order valence-corrected chi connectivity index (χ4v) is 2.15. The number of aliphatic hydroxyl groups excluding tert-OH is 1. The SMILES string of the molecule is CN(C)C(=O)c1cc(N2CCCC(O)C2)ccn1. The van der Waals surface area contributed by atoms with Gasteiger partial charge in [-0.05, 0) is 25.0 Å². The molecule has 1 saturated heterocycles. The Morgan fingerprint density at radius 2 is 2.33 bits per heavy atom. The highest BCUT2D eigenvalue weighted by molar-refractivity contribution is 5.92. The molecule has 1 N–H and O–H groups in total. The molecular weight excluding hydrogens is 230 g/mol. The van der Waals surface area contributed by atoms with Crippen molar-refractivity contribution in [3.8, 4) is 0 Å². The molecule has 2 rings (SSSR count). The first-order valence-corrected chi connectivity index (χ1v) is 6.18. The van der Waals surface area contributed by atoms with Crippen LogP contribution in [0.5, 0.6) is 0 Å². The summed E-state index contributed by atoms with van der Waals surface area (Å²) in [6.45, 7) is 1.54. The van der Waals surface area contributed by atoms with Gasteiger partial charge in [0.25, 0.3) is 5.91 Å². The maximum atomic E-state index is 11.8. The summed E-state index contributed by atoms with van der Waals surface area (Å²) in [4.78, 5) is 19.5. The van der Waals surface area contributed by atoms with Crippen molar-refractivity contribution in [2.75, 3.05) is 32.1 Å². The van der Waals surface area contributed by atoms with Crippen molar-refractivity contribution in [1.29, 1.82) is 0 Å². The number of carbonyl (C=O) groups excluding carboxylic acids is 1. The van der Waals surface area contributed by atoms with Crippen LogP contribution in [-0.4, -0.2) is 54.2 Å². The molecule has 1 aliphatic heterocycles. The van der Waals surface area contributed by atoms with Crippen molar-refractivity contribution < 1.29 is 9.90 Å². The van der Waals surface area contributed by atoms with Crippen LogP contribution in [0.4, 0.5) is 5.69 Å². The monoisotopic (exact) mass is 249 g/mol. The van der Waals surface area contributed by atoms with Gasteiger partial charge in [-0.3, -0.25) is 9.78 Å². The van der Waals surface area contributed by atoms with Crippen molar-refractivity contribution in [1.82, 2.24) is 9.88 Å². The van der Waals surface area contributed by atoms with Gasteiger partial charge in [-0.2, -0.15) is 0 Å². The number of carbonyl (C=O) groups is 1. The molecule has 1 unspecified atom stereocenters. The molecule has 1 amide bonds. The third-order valence-corrected chi connectivity index (χ3v) is 3.13. The maximum absolute atomic E-state index is 11.8. The number of pyridine rings is 1. The number of aromatic nitrogens is 1. The van der Waals surface area contributed by atoms with Gasteiger partial charge in [0.15, 0.2) is 0 Å². The minimum Gasteiger partial charge on any atom is -0.391 e. The maximum Gasteiger partial charge on any atom is 0.272 e. The molecular formula is C13H19N3O2. The second-order valence-electron chi connectivity index (χ2n) is 4.84. The zero-order valence-electron chi connectivity index (χ0n) is 10.8. The minimum atomic E-state index is -0.278. The summed E-state index contributed by atoms with van der Waals surface area (Å²) in [7, 11) is 3.42. The minimum absolute atomic E-state index is 0.102. The Labute approximate surface area is 107 Å². The molecule has 2 heterocycles. The molecule has 1 aromatic rings. The zero-order valence-corrected chi connectivity index (χ0v) is 10.8. The number of hydrogen-bond acceptors (Lipinski definition) is 4. The van der Waals surface area contributed by atoms with Gasteiger partial charge in [0, 0.05) is 39.1 Å². The number of nitrogens with zero attached hydrogens (tertiary/aromatic N) is 3. The Balaban J connectivity index is 2.19. The van der Waals surface area contributed by atoms with E-state index in [1.807, 2.05) is 6.07 Å². The lowest BCUT2D eigenvalue weighted by Crippen LogP contribution is -2.38. The Hall–Kier alpha value is -1.62. The van der Waals surface area contributed by atoms with E-state index in [1.54, 1.807) is 26.4 Å². The Morgan fingerprint density at radius 1 is 1.56 bits per heavy atom. The molecule has 0 aliphatic carbocycles. The van der Waals surface area contributed by atoms with Gasteiger partial charge in [-0.1, -0.05) is 0 Å². The third kappa shape index (κ3) is 2.79. The van der Waals surface area contributed by atoms with Crippen LogP contribution >= 0.6 is 0 Å². The van der Waals surface area contributed by atoms with Gasteiger partial charge in [-0.25, -0.2) is 0 Å². The van der Waals surface area contributed by atoms with Gasteiger partial charge >= 0.3 is 0 Å². The largest absolute Gasteiger partial charge is 0.391 e. The van der Waals surface area contributed by atoms with Crippen LogP contribution in [-0.2, 0) is 0 Å². The number of aliphatic hydroxyl groups is 1. The van der Waals surface area contributed by atoms with E-state index >= 15 is 0 Å². The van der Waals surface area contributed by atoms with Gasteiger partial charge in [0.05, 0.1) is 6.10 Å². The number of piperidine rings is 1. The molecule has 1 aliphatic rings. The van der Waals surface area contributed by atoms with E-state index in [0.717, 1.165) is 25.1 Å². The summed E-state index contributed by atoms with van der Waals surface area (Å²) in [5.41, 5.74) is 1.39. The van der Waals surface area contributed by atoms with Gasteiger partial charge in [0.1, 0.15) is 5.69 Å². The molecule has 5 heteroatoms. The molecule has 0 saturated carbocycles. The lowest BCUT2D eigenvalue weighted by atomic mass is 10.1. The summed E-state index contributed by atoms with van der Waals surface area (Å²) in [5, 5.41) is 9.68. The van der Waals surface area contributed by atoms with Crippen LogP contribution < -0.4 is 4.90 Å². The number of β-amino-alcohol motifs (C(OH)–C–C–N with tert-alkyl or cyclic N) is 1. The standard InChI is InChI=1S/C13H19N3O2/c1-15(2)13(18)12-8-10(5-6-14-12)16-7-3-4-11(17)9-16/h5-6,8,11,17H,3-4,7,9H2,1-2H3. The van der Waals surface area contributed by atoms with Crippen molar-refractivity contribution in [2.45, 2.75) is 18.9 Å². The molecule has 5 nitrogen and oxygen atoms in total. The summed E-state index contributed by atoms with van der Waals surface area (Å²) in [6.07, 6.45) is 3.19. The van der Waals surface area contributed by atoms with E-state index in [1.165, 1.54) is 4.90 Å². The molecule has 0 radical (unpaired) electrons. The molecule has 1 atom stereocenters. The molecule has 1 fully saturated rings. The topological polar surface area (TPSA) is 56.7 Å². The van der Waals surface area contributed by atoms with Crippen LogP contribution in [0.25, 0.3) is 0 Å². The zero-order chi connectivity index (χ0) is 13.1. The van der Waals surface area contributed by atoms with Gasteiger partial charge < -0.3 is 14.9 Å². The molecule has 1 aromatic heterocycles. The summed E-state index contributed by atoms with van der Waals surface area (Å²) >= 11 is 0. The second-order valence-corrected chi connectivity index (χ2v) is 4.84. The average Bonchev–Trinajstić information content (AvgIpc) is 2.38. The first-order valence-electron chi connectivity index (χ1n) is 6.18. The predicted molar refractivity (Wildman–Crippen MR) is 69.7 cm³/mol. The fourth-order valence-electron chi connectivity index (χ4n) is 2.15. The van der Waals surface area contributed by atoms with Gasteiger partial charge in [-0.15, -0.1) is 0 Å².